The second-order valence-electron chi connectivity index (χ2n) is 4.53. The molecule has 3 nitrogen and oxygen atoms in total. The number of ether oxygens (including phenoxy) is 1. The topological polar surface area (TPSA) is 38.3 Å². The van der Waals surface area contributed by atoms with Crippen LogP contribution in [0.4, 0.5) is 0 Å². The minimum atomic E-state index is -0.0122. The van der Waals surface area contributed by atoms with Gasteiger partial charge in [0.2, 0.25) is 0 Å². The lowest BCUT2D eigenvalue weighted by atomic mass is 9.97. The van der Waals surface area contributed by atoms with Crippen LogP contribution in [-0.4, -0.2) is 26.2 Å². The molecule has 3 heteroatoms. The zero-order chi connectivity index (χ0) is 13.4. The molecular formula is C15H23NO2. The van der Waals surface area contributed by atoms with Crippen LogP contribution in [0.5, 0.6) is 0 Å². The number of methoxy groups -OCH3 is 1. The summed E-state index contributed by atoms with van der Waals surface area (Å²) in [6.45, 7) is 5.69. The molecule has 1 aromatic rings. The second kappa shape index (κ2) is 7.88. The summed E-state index contributed by atoms with van der Waals surface area (Å²) < 4.78 is 4.93. The van der Waals surface area contributed by atoms with Crippen molar-refractivity contribution in [3.63, 3.8) is 0 Å². The number of nitrogens with one attached hydrogen (secondary N) is 1. The molecule has 100 valence electrons. The third-order valence-electron chi connectivity index (χ3n) is 3.17. The van der Waals surface area contributed by atoms with Gasteiger partial charge in [-0.2, -0.15) is 0 Å². The molecule has 0 saturated carbocycles. The Balaban J connectivity index is 2.49. The van der Waals surface area contributed by atoms with Gasteiger partial charge in [-0.15, -0.1) is 0 Å². The minimum Gasteiger partial charge on any atom is -0.385 e. The Morgan fingerprint density at radius 1 is 1.33 bits per heavy atom. The lowest BCUT2D eigenvalue weighted by Gasteiger charge is -2.10. The molecule has 1 rings (SSSR count). The Labute approximate surface area is 110 Å². The molecule has 0 heterocycles. The Morgan fingerprint density at radius 3 is 2.56 bits per heavy atom. The van der Waals surface area contributed by atoms with Crippen molar-refractivity contribution in [2.24, 2.45) is 0 Å². The van der Waals surface area contributed by atoms with Gasteiger partial charge in [-0.05, 0) is 36.5 Å². The third-order valence-corrected chi connectivity index (χ3v) is 3.17. The van der Waals surface area contributed by atoms with E-state index in [9.17, 15) is 4.79 Å². The first-order chi connectivity index (χ1) is 8.69. The van der Waals surface area contributed by atoms with Gasteiger partial charge in [0.25, 0.3) is 5.91 Å². The number of rotatable bonds is 7. The van der Waals surface area contributed by atoms with Gasteiger partial charge in [0, 0.05) is 25.8 Å². The van der Waals surface area contributed by atoms with E-state index >= 15 is 0 Å². The predicted octanol–water partition coefficient (Wildman–Crippen LogP) is 2.97. The van der Waals surface area contributed by atoms with Gasteiger partial charge in [-0.3, -0.25) is 4.79 Å². The summed E-state index contributed by atoms with van der Waals surface area (Å²) in [5.41, 5.74) is 2.01. The molecule has 1 N–H and O–H groups in total. The van der Waals surface area contributed by atoms with Crippen molar-refractivity contribution in [1.29, 1.82) is 0 Å². The first-order valence-corrected chi connectivity index (χ1v) is 6.56. The van der Waals surface area contributed by atoms with Crippen molar-refractivity contribution in [1.82, 2.24) is 5.32 Å². The summed E-state index contributed by atoms with van der Waals surface area (Å²) in [6.07, 6.45) is 1.95. The first-order valence-electron chi connectivity index (χ1n) is 6.56. The van der Waals surface area contributed by atoms with Crippen LogP contribution in [0.15, 0.2) is 24.3 Å². The average molecular weight is 249 g/mol. The van der Waals surface area contributed by atoms with Crippen molar-refractivity contribution < 1.29 is 9.53 Å². The zero-order valence-corrected chi connectivity index (χ0v) is 11.5. The molecule has 0 fully saturated rings. The van der Waals surface area contributed by atoms with Crippen LogP contribution < -0.4 is 5.32 Å². The maximum Gasteiger partial charge on any atom is 0.251 e. The summed E-state index contributed by atoms with van der Waals surface area (Å²) in [5.74, 6) is 0.533. The van der Waals surface area contributed by atoms with E-state index in [2.05, 4.69) is 19.2 Å². The molecule has 0 radical (unpaired) electrons. The maximum absolute atomic E-state index is 11.8. The number of hydrogen-bond donors (Lipinski definition) is 1. The molecule has 18 heavy (non-hydrogen) atoms. The zero-order valence-electron chi connectivity index (χ0n) is 11.5. The van der Waals surface area contributed by atoms with E-state index in [-0.39, 0.29) is 5.91 Å². The van der Waals surface area contributed by atoms with Gasteiger partial charge in [0.1, 0.15) is 0 Å². The molecule has 1 aromatic carbocycles. The number of carbonyl (C=O) groups is 1. The molecule has 1 amide bonds. The second-order valence-corrected chi connectivity index (χ2v) is 4.53. The van der Waals surface area contributed by atoms with E-state index in [1.807, 2.05) is 24.3 Å². The lowest BCUT2D eigenvalue weighted by Crippen LogP contribution is -2.25. The van der Waals surface area contributed by atoms with Gasteiger partial charge in [-0.25, -0.2) is 0 Å². The normalized spacial score (nSPS) is 12.2. The molecule has 0 bridgehead atoms. The maximum atomic E-state index is 11.8. The fraction of sp³-hybridized carbons (Fsp3) is 0.533. The largest absolute Gasteiger partial charge is 0.385 e. The Morgan fingerprint density at radius 2 is 2.00 bits per heavy atom. The molecule has 1 unspecified atom stereocenters. The molecule has 0 saturated heterocycles. The predicted molar refractivity (Wildman–Crippen MR) is 74.0 cm³/mol. The average Bonchev–Trinajstić information content (AvgIpc) is 2.42. The van der Waals surface area contributed by atoms with E-state index in [0.29, 0.717) is 19.1 Å². The lowest BCUT2D eigenvalue weighted by molar-refractivity contribution is 0.0948. The van der Waals surface area contributed by atoms with E-state index in [0.717, 1.165) is 18.4 Å². The van der Waals surface area contributed by atoms with E-state index in [4.69, 9.17) is 4.74 Å². The monoisotopic (exact) mass is 249 g/mol. The van der Waals surface area contributed by atoms with Crippen LogP contribution >= 0.6 is 0 Å². The van der Waals surface area contributed by atoms with E-state index in [1.54, 1.807) is 7.11 Å². The Hall–Kier alpha value is -1.35. The highest BCUT2D eigenvalue weighted by Gasteiger charge is 2.06. The highest BCUT2D eigenvalue weighted by atomic mass is 16.5. The molecule has 0 aliphatic carbocycles. The fourth-order valence-corrected chi connectivity index (χ4v) is 1.72. The summed E-state index contributed by atoms with van der Waals surface area (Å²) in [6, 6.07) is 7.87. The molecule has 0 spiro atoms. The minimum absolute atomic E-state index is 0.0122. The van der Waals surface area contributed by atoms with Gasteiger partial charge in [0.05, 0.1) is 0 Å². The van der Waals surface area contributed by atoms with Gasteiger partial charge < -0.3 is 10.1 Å². The fourth-order valence-electron chi connectivity index (χ4n) is 1.72. The van der Waals surface area contributed by atoms with Crippen molar-refractivity contribution in [3.8, 4) is 0 Å². The van der Waals surface area contributed by atoms with Crippen molar-refractivity contribution in [2.45, 2.75) is 32.6 Å². The van der Waals surface area contributed by atoms with Crippen molar-refractivity contribution in [2.75, 3.05) is 20.3 Å². The standard InChI is InChI=1S/C15H23NO2/c1-4-12(2)13-6-8-14(9-7-13)15(17)16-10-5-11-18-3/h6-9,12H,4-5,10-11H2,1-3H3,(H,16,17). The Bertz CT molecular complexity index is 359. The first kappa shape index (κ1) is 14.7. The smallest absolute Gasteiger partial charge is 0.251 e. The van der Waals surface area contributed by atoms with Gasteiger partial charge >= 0.3 is 0 Å². The third kappa shape index (κ3) is 4.49. The molecule has 1 atom stereocenters. The van der Waals surface area contributed by atoms with Crippen LogP contribution in [-0.2, 0) is 4.74 Å². The van der Waals surface area contributed by atoms with Crippen molar-refractivity contribution >= 4 is 5.91 Å². The van der Waals surface area contributed by atoms with Gasteiger partial charge in [0.15, 0.2) is 0 Å². The summed E-state index contributed by atoms with van der Waals surface area (Å²) in [5, 5.41) is 2.88. The van der Waals surface area contributed by atoms with Crippen LogP contribution in [0.25, 0.3) is 0 Å². The van der Waals surface area contributed by atoms with Gasteiger partial charge in [-0.1, -0.05) is 26.0 Å². The van der Waals surface area contributed by atoms with Crippen molar-refractivity contribution in [3.05, 3.63) is 35.4 Å². The summed E-state index contributed by atoms with van der Waals surface area (Å²) in [7, 11) is 1.66. The molecule has 0 aliphatic rings. The number of hydrogen-bond acceptors (Lipinski definition) is 2. The quantitative estimate of drug-likeness (QED) is 0.754. The number of amides is 1. The SMILES string of the molecule is CCC(C)c1ccc(C(=O)NCCCOC)cc1. The number of benzene rings is 1. The van der Waals surface area contributed by atoms with Crippen LogP contribution in [0.2, 0.25) is 0 Å². The summed E-state index contributed by atoms with van der Waals surface area (Å²) >= 11 is 0. The number of carbonyl (C=O) groups excluding carboxylic acids is 1. The van der Waals surface area contributed by atoms with E-state index < -0.39 is 0 Å². The summed E-state index contributed by atoms with van der Waals surface area (Å²) in [4.78, 5) is 11.8. The van der Waals surface area contributed by atoms with Crippen LogP contribution in [0.3, 0.4) is 0 Å². The highest BCUT2D eigenvalue weighted by molar-refractivity contribution is 5.94. The molecule has 0 aliphatic heterocycles. The van der Waals surface area contributed by atoms with Crippen LogP contribution in [0.1, 0.15) is 48.5 Å². The van der Waals surface area contributed by atoms with Crippen LogP contribution in [0, 0.1) is 0 Å². The van der Waals surface area contributed by atoms with E-state index in [1.165, 1.54) is 5.56 Å². The molecule has 0 aromatic heterocycles. The Kier molecular flexibility index (Phi) is 6.44. The highest BCUT2D eigenvalue weighted by Crippen LogP contribution is 2.18. The molecular weight excluding hydrogens is 226 g/mol.